The number of rotatable bonds is 8. The molecule has 3 nitrogen and oxygen atoms in total. The van der Waals surface area contributed by atoms with E-state index in [0.29, 0.717) is 33.8 Å². The fraction of sp³-hybridized carbons (Fsp3) is 0.240. The number of alkyl halides is 2. The van der Waals surface area contributed by atoms with E-state index in [1.165, 1.54) is 12.1 Å². The summed E-state index contributed by atoms with van der Waals surface area (Å²) in [4.78, 5) is 6.97. The molecule has 0 aliphatic carbocycles. The second-order valence-electron chi connectivity index (χ2n) is 7.18. The van der Waals surface area contributed by atoms with Crippen LogP contribution < -0.4 is 4.74 Å². The largest absolute Gasteiger partial charge is 0.493 e. The van der Waals surface area contributed by atoms with Crippen molar-refractivity contribution in [1.29, 1.82) is 0 Å². The van der Waals surface area contributed by atoms with Crippen LogP contribution in [0.25, 0.3) is 0 Å². The van der Waals surface area contributed by atoms with Crippen molar-refractivity contribution in [2.45, 2.75) is 25.4 Å². The highest BCUT2D eigenvalue weighted by molar-refractivity contribution is 6.31. The Morgan fingerprint density at radius 3 is 2.59 bits per heavy atom. The molecule has 0 spiro atoms. The molecular formula is C25H24Cl2F2N2O. The molecule has 7 heteroatoms. The Kier molecular flexibility index (Phi) is 8.10. The second-order valence-corrected chi connectivity index (χ2v) is 8.05. The van der Waals surface area contributed by atoms with Gasteiger partial charge in [0.2, 0.25) is 0 Å². The van der Waals surface area contributed by atoms with Crippen molar-refractivity contribution in [3.8, 4) is 5.75 Å². The molecule has 2 unspecified atom stereocenters. The van der Waals surface area contributed by atoms with Crippen LogP contribution in [0.1, 0.15) is 36.1 Å². The van der Waals surface area contributed by atoms with Gasteiger partial charge in [0.1, 0.15) is 17.6 Å². The lowest BCUT2D eigenvalue weighted by Gasteiger charge is -2.25. The molecule has 1 aliphatic rings. The van der Waals surface area contributed by atoms with Crippen molar-refractivity contribution in [1.82, 2.24) is 4.90 Å². The summed E-state index contributed by atoms with van der Waals surface area (Å²) in [5.74, 6) is 1.03. The van der Waals surface area contributed by atoms with Crippen molar-refractivity contribution in [3.63, 3.8) is 0 Å². The molecule has 168 valence electrons. The summed E-state index contributed by atoms with van der Waals surface area (Å²) in [5.41, 5.74) is 1.55. The quantitative estimate of drug-likeness (QED) is 0.372. The Labute approximate surface area is 197 Å². The molecule has 32 heavy (non-hydrogen) atoms. The molecule has 2 aromatic carbocycles. The highest BCUT2D eigenvalue weighted by Crippen LogP contribution is 2.37. The summed E-state index contributed by atoms with van der Waals surface area (Å²) in [5, 5.41) is 1.16. The molecule has 0 fully saturated rings. The van der Waals surface area contributed by atoms with Crippen LogP contribution in [0, 0.1) is 0 Å². The van der Waals surface area contributed by atoms with Gasteiger partial charge < -0.3 is 9.64 Å². The molecule has 0 bridgehead atoms. The fourth-order valence-corrected chi connectivity index (χ4v) is 3.74. The van der Waals surface area contributed by atoms with Crippen LogP contribution in [-0.4, -0.2) is 30.4 Å². The SMILES string of the molecule is C=C/C(Cl)=C\C=C\C1C(c2ccc(Cl)cc2)N=C(c2ccc(C(F)F)cc2OCC)N1C. The van der Waals surface area contributed by atoms with Crippen molar-refractivity contribution in [2.75, 3.05) is 13.7 Å². The van der Waals surface area contributed by atoms with E-state index in [-0.39, 0.29) is 17.6 Å². The Hall–Kier alpha value is -2.63. The Morgan fingerprint density at radius 1 is 1.25 bits per heavy atom. The molecule has 0 N–H and O–H groups in total. The van der Waals surface area contributed by atoms with Crippen LogP contribution in [-0.2, 0) is 0 Å². The van der Waals surface area contributed by atoms with E-state index in [9.17, 15) is 8.78 Å². The predicted octanol–water partition coefficient (Wildman–Crippen LogP) is 7.34. The van der Waals surface area contributed by atoms with Crippen molar-refractivity contribution in [2.24, 2.45) is 4.99 Å². The minimum Gasteiger partial charge on any atom is -0.493 e. The van der Waals surface area contributed by atoms with Crippen molar-refractivity contribution >= 4 is 29.0 Å². The smallest absolute Gasteiger partial charge is 0.263 e. The molecule has 3 rings (SSSR count). The third kappa shape index (κ3) is 5.40. The lowest BCUT2D eigenvalue weighted by Crippen LogP contribution is -2.33. The maximum Gasteiger partial charge on any atom is 0.263 e. The zero-order chi connectivity index (χ0) is 23.3. The van der Waals surface area contributed by atoms with E-state index < -0.39 is 6.43 Å². The number of hydrogen-bond acceptors (Lipinski definition) is 3. The second kappa shape index (κ2) is 10.8. The lowest BCUT2D eigenvalue weighted by molar-refractivity contribution is 0.151. The van der Waals surface area contributed by atoms with Crippen LogP contribution in [0.4, 0.5) is 8.78 Å². The average molecular weight is 477 g/mol. The van der Waals surface area contributed by atoms with E-state index >= 15 is 0 Å². The topological polar surface area (TPSA) is 24.8 Å². The summed E-state index contributed by atoms with van der Waals surface area (Å²) in [6.45, 7) is 5.82. The number of allylic oxidation sites excluding steroid dienone is 4. The van der Waals surface area contributed by atoms with Gasteiger partial charge in [-0.3, -0.25) is 4.99 Å². The van der Waals surface area contributed by atoms with Crippen LogP contribution in [0.2, 0.25) is 5.02 Å². The number of ether oxygens (including phenoxy) is 1. The fourth-order valence-electron chi connectivity index (χ4n) is 3.54. The minimum absolute atomic E-state index is 0.0895. The zero-order valence-electron chi connectivity index (χ0n) is 17.8. The molecule has 2 atom stereocenters. The number of hydrogen-bond donors (Lipinski definition) is 0. The lowest BCUT2D eigenvalue weighted by atomic mass is 9.99. The predicted molar refractivity (Wildman–Crippen MR) is 128 cm³/mol. The van der Waals surface area contributed by atoms with Crippen molar-refractivity contribution < 1.29 is 13.5 Å². The summed E-state index contributed by atoms with van der Waals surface area (Å²) in [7, 11) is 1.92. The van der Waals surface area contributed by atoms with Gasteiger partial charge in [0.05, 0.1) is 18.2 Å². The van der Waals surface area contributed by atoms with Crippen LogP contribution in [0.3, 0.4) is 0 Å². The van der Waals surface area contributed by atoms with Crippen LogP contribution in [0.15, 0.2) is 83.4 Å². The first-order valence-corrected chi connectivity index (χ1v) is 10.9. The number of aliphatic imine (C=N–C) groups is 1. The van der Waals surface area contributed by atoms with Gasteiger partial charge in [0.25, 0.3) is 6.43 Å². The van der Waals surface area contributed by atoms with E-state index in [1.807, 2.05) is 55.3 Å². The summed E-state index contributed by atoms with van der Waals surface area (Å²) in [6.07, 6.45) is 4.58. The van der Waals surface area contributed by atoms with Gasteiger partial charge >= 0.3 is 0 Å². The van der Waals surface area contributed by atoms with Crippen LogP contribution >= 0.6 is 23.2 Å². The Balaban J connectivity index is 2.06. The Morgan fingerprint density at radius 2 is 1.97 bits per heavy atom. The summed E-state index contributed by atoms with van der Waals surface area (Å²) >= 11 is 12.1. The molecule has 0 radical (unpaired) electrons. The Bertz CT molecular complexity index is 1050. The average Bonchev–Trinajstić information content (AvgIpc) is 3.10. The molecule has 2 aromatic rings. The maximum atomic E-state index is 13.2. The van der Waals surface area contributed by atoms with Gasteiger partial charge in [-0.15, -0.1) is 0 Å². The number of nitrogens with zero attached hydrogens (tertiary/aromatic N) is 2. The number of halogens is 4. The zero-order valence-corrected chi connectivity index (χ0v) is 19.3. The number of likely N-dealkylation sites (N-methyl/N-ethyl adjacent to an activating group) is 1. The molecule has 0 aromatic heterocycles. The molecule has 0 saturated carbocycles. The molecule has 1 heterocycles. The van der Waals surface area contributed by atoms with Crippen molar-refractivity contribution in [3.05, 3.63) is 100 Å². The first-order valence-electron chi connectivity index (χ1n) is 10.1. The van der Waals surface area contributed by atoms with E-state index in [0.717, 1.165) is 5.56 Å². The van der Waals surface area contributed by atoms with Gasteiger partial charge in [0.15, 0.2) is 0 Å². The van der Waals surface area contributed by atoms with Gasteiger partial charge in [-0.05, 0) is 42.8 Å². The summed E-state index contributed by atoms with van der Waals surface area (Å²) in [6, 6.07) is 11.6. The minimum atomic E-state index is -2.58. The van der Waals surface area contributed by atoms with Crippen LogP contribution in [0.5, 0.6) is 5.75 Å². The molecule has 1 aliphatic heterocycles. The molecule has 0 saturated heterocycles. The van der Waals surface area contributed by atoms with E-state index in [4.69, 9.17) is 32.9 Å². The normalized spacial score (nSPS) is 19.0. The van der Waals surface area contributed by atoms with E-state index in [2.05, 4.69) is 6.58 Å². The highest BCUT2D eigenvalue weighted by Gasteiger charge is 2.35. The van der Waals surface area contributed by atoms with Gasteiger partial charge in [-0.2, -0.15) is 0 Å². The first kappa shape index (κ1) is 24.0. The third-order valence-corrected chi connectivity index (χ3v) is 5.67. The van der Waals surface area contributed by atoms with Gasteiger partial charge in [-0.1, -0.05) is 66.2 Å². The monoisotopic (exact) mass is 476 g/mol. The highest BCUT2D eigenvalue weighted by atomic mass is 35.5. The molecular weight excluding hydrogens is 453 g/mol. The van der Waals surface area contributed by atoms with Gasteiger partial charge in [-0.25, -0.2) is 8.78 Å². The van der Waals surface area contributed by atoms with E-state index in [1.54, 1.807) is 18.2 Å². The number of benzene rings is 2. The molecule has 0 amide bonds. The standard InChI is InChI=1S/C25H24Cl2F2N2O/c1-4-18(26)7-6-8-21-23(16-9-12-19(27)13-10-16)30-25(31(21)3)20-14-11-17(24(28)29)15-22(20)32-5-2/h4,6-15,21,23-24H,1,5H2,2-3H3/b8-6+,18-7+. The summed E-state index contributed by atoms with van der Waals surface area (Å²) < 4.78 is 32.2. The number of amidine groups is 1. The maximum absolute atomic E-state index is 13.2. The third-order valence-electron chi connectivity index (χ3n) is 5.13. The first-order chi connectivity index (χ1) is 15.3. The van der Waals surface area contributed by atoms with Gasteiger partial charge in [0, 0.05) is 22.7 Å².